The molecule has 3 aromatic rings. The van der Waals surface area contributed by atoms with E-state index < -0.39 is 0 Å². The Labute approximate surface area is 182 Å². The van der Waals surface area contributed by atoms with Gasteiger partial charge in [-0.2, -0.15) is 0 Å². The molecule has 7 heteroatoms. The number of benzene rings is 2. The zero-order valence-corrected chi connectivity index (χ0v) is 18.6. The van der Waals surface area contributed by atoms with Crippen LogP contribution in [0.2, 0.25) is 0 Å². The summed E-state index contributed by atoms with van der Waals surface area (Å²) in [5.74, 6) is 2.19. The first kappa shape index (κ1) is 21.9. The van der Waals surface area contributed by atoms with Crippen LogP contribution >= 0.6 is 11.8 Å². The van der Waals surface area contributed by atoms with E-state index in [2.05, 4.69) is 29.4 Å². The van der Waals surface area contributed by atoms with Crippen LogP contribution in [0.1, 0.15) is 51.1 Å². The third-order valence-corrected chi connectivity index (χ3v) is 5.64. The van der Waals surface area contributed by atoms with E-state index in [4.69, 9.17) is 4.74 Å². The van der Waals surface area contributed by atoms with Gasteiger partial charge >= 0.3 is 0 Å². The summed E-state index contributed by atoms with van der Waals surface area (Å²) < 4.78 is 7.96. The van der Waals surface area contributed by atoms with Gasteiger partial charge in [0.25, 0.3) is 0 Å². The molecule has 0 spiro atoms. The second kappa shape index (κ2) is 10.3. The van der Waals surface area contributed by atoms with Crippen LogP contribution in [0.15, 0.2) is 59.8 Å². The molecule has 0 aliphatic heterocycles. The average molecular weight is 425 g/mol. The topological polar surface area (TPSA) is 69.0 Å². The molecule has 3 rings (SSSR count). The fraction of sp³-hybridized carbons (Fsp3) is 0.348. The number of carbonyl (C=O) groups is 1. The number of nitrogens with one attached hydrogen (secondary N) is 1. The Hall–Kier alpha value is -2.80. The van der Waals surface area contributed by atoms with Crippen LogP contribution < -0.4 is 10.1 Å². The second-order valence-corrected chi connectivity index (χ2v) is 8.21. The van der Waals surface area contributed by atoms with Crippen molar-refractivity contribution >= 4 is 23.4 Å². The molecule has 2 aromatic carbocycles. The van der Waals surface area contributed by atoms with Crippen LogP contribution in [-0.4, -0.2) is 26.4 Å². The molecule has 1 aromatic heterocycles. The lowest BCUT2D eigenvalue weighted by Crippen LogP contribution is -2.15. The first-order valence-corrected chi connectivity index (χ1v) is 11.1. The molecule has 0 radical (unpaired) electrons. The molecular weight excluding hydrogens is 396 g/mol. The van der Waals surface area contributed by atoms with Gasteiger partial charge in [0, 0.05) is 12.2 Å². The van der Waals surface area contributed by atoms with Crippen LogP contribution in [0.25, 0.3) is 0 Å². The molecule has 0 unspecified atom stereocenters. The summed E-state index contributed by atoms with van der Waals surface area (Å²) >= 11 is 1.37. The number of ether oxygens (including phenoxy) is 1. The molecule has 0 saturated heterocycles. The van der Waals surface area contributed by atoms with Crippen molar-refractivity contribution in [1.29, 1.82) is 0 Å². The Morgan fingerprint density at radius 2 is 1.77 bits per heavy atom. The Bertz CT molecular complexity index is 955. The maximum Gasteiger partial charge on any atom is 0.234 e. The normalized spacial score (nSPS) is 12.0. The molecule has 0 bridgehead atoms. The predicted octanol–water partition coefficient (Wildman–Crippen LogP) is 5.29. The van der Waals surface area contributed by atoms with Gasteiger partial charge in [-0.1, -0.05) is 55.9 Å². The molecule has 0 fully saturated rings. The number of rotatable bonds is 9. The summed E-state index contributed by atoms with van der Waals surface area (Å²) in [5, 5.41) is 12.2. The van der Waals surface area contributed by atoms with Crippen molar-refractivity contribution in [3.05, 3.63) is 66.0 Å². The third-order valence-electron chi connectivity index (χ3n) is 4.67. The maximum atomic E-state index is 12.4. The van der Waals surface area contributed by atoms with Crippen LogP contribution in [-0.2, 0) is 11.3 Å². The number of anilines is 1. The van der Waals surface area contributed by atoms with Gasteiger partial charge in [-0.15, -0.1) is 10.2 Å². The summed E-state index contributed by atoms with van der Waals surface area (Å²) in [5.41, 5.74) is 2.05. The molecule has 0 aliphatic rings. The summed E-state index contributed by atoms with van der Waals surface area (Å²) in [4.78, 5) is 12.4. The van der Waals surface area contributed by atoms with E-state index in [1.54, 1.807) is 0 Å². The van der Waals surface area contributed by atoms with Crippen molar-refractivity contribution in [2.24, 2.45) is 0 Å². The van der Waals surface area contributed by atoms with Gasteiger partial charge in [-0.25, -0.2) is 0 Å². The van der Waals surface area contributed by atoms with Gasteiger partial charge in [0.2, 0.25) is 5.91 Å². The molecule has 1 heterocycles. The molecule has 0 aliphatic carbocycles. The van der Waals surface area contributed by atoms with Gasteiger partial charge in [0.05, 0.1) is 5.75 Å². The predicted molar refractivity (Wildman–Crippen MR) is 121 cm³/mol. The van der Waals surface area contributed by atoms with E-state index in [0.29, 0.717) is 17.6 Å². The lowest BCUT2D eigenvalue weighted by molar-refractivity contribution is -0.113. The summed E-state index contributed by atoms with van der Waals surface area (Å²) in [6.07, 6.45) is -0.248. The van der Waals surface area contributed by atoms with Crippen LogP contribution in [0.5, 0.6) is 5.75 Å². The highest BCUT2D eigenvalue weighted by Gasteiger charge is 2.19. The number of para-hydroxylation sites is 1. The highest BCUT2D eigenvalue weighted by molar-refractivity contribution is 7.99. The number of nitrogens with zero attached hydrogens (tertiary/aromatic N) is 3. The Kier molecular flexibility index (Phi) is 7.52. The van der Waals surface area contributed by atoms with Gasteiger partial charge in [-0.3, -0.25) is 4.79 Å². The van der Waals surface area contributed by atoms with E-state index >= 15 is 0 Å². The molecule has 30 heavy (non-hydrogen) atoms. The standard InChI is InChI=1S/C23H28N4O2S/c1-5-27-22(17(4)29-20-9-7-6-8-10-20)25-26-23(27)30-15-21(28)24-19-13-11-18(12-14-19)16(2)3/h6-14,16-17H,5,15H2,1-4H3,(H,24,28)/t17-/m0/s1. The van der Waals surface area contributed by atoms with Gasteiger partial charge in [-0.05, 0) is 49.6 Å². The minimum absolute atomic E-state index is 0.0712. The van der Waals surface area contributed by atoms with E-state index in [1.165, 1.54) is 17.3 Å². The van der Waals surface area contributed by atoms with E-state index in [9.17, 15) is 4.79 Å². The highest BCUT2D eigenvalue weighted by Crippen LogP contribution is 2.25. The van der Waals surface area contributed by atoms with Gasteiger partial charge in [0.1, 0.15) is 5.75 Å². The lowest BCUT2D eigenvalue weighted by Gasteiger charge is -2.15. The summed E-state index contributed by atoms with van der Waals surface area (Å²) in [6.45, 7) is 8.97. The van der Waals surface area contributed by atoms with Crippen LogP contribution in [0, 0.1) is 0 Å². The minimum Gasteiger partial charge on any atom is -0.483 e. The van der Waals surface area contributed by atoms with Crippen molar-refractivity contribution in [1.82, 2.24) is 14.8 Å². The van der Waals surface area contributed by atoms with E-state index in [0.717, 1.165) is 17.3 Å². The minimum atomic E-state index is -0.248. The molecular formula is C23H28N4O2S. The monoisotopic (exact) mass is 424 g/mol. The molecule has 1 atom stereocenters. The third kappa shape index (κ3) is 5.63. The fourth-order valence-corrected chi connectivity index (χ4v) is 3.85. The first-order chi connectivity index (χ1) is 14.5. The number of hydrogen-bond acceptors (Lipinski definition) is 5. The first-order valence-electron chi connectivity index (χ1n) is 10.1. The molecule has 1 amide bonds. The van der Waals surface area contributed by atoms with E-state index in [1.807, 2.05) is 73.0 Å². The average Bonchev–Trinajstić information content (AvgIpc) is 3.16. The smallest absolute Gasteiger partial charge is 0.234 e. The van der Waals surface area contributed by atoms with Gasteiger partial charge in [0.15, 0.2) is 17.1 Å². The molecule has 1 N–H and O–H groups in total. The van der Waals surface area contributed by atoms with Crippen molar-refractivity contribution < 1.29 is 9.53 Å². The largest absolute Gasteiger partial charge is 0.483 e. The molecule has 0 saturated carbocycles. The number of thioether (sulfide) groups is 1. The number of carbonyl (C=O) groups excluding carboxylic acids is 1. The Morgan fingerprint density at radius 1 is 1.07 bits per heavy atom. The number of aromatic nitrogens is 3. The molecule has 6 nitrogen and oxygen atoms in total. The SMILES string of the molecule is CCn1c(SCC(=O)Nc2ccc(C(C)C)cc2)nnc1[C@H](C)Oc1ccccc1. The number of amides is 1. The van der Waals surface area contributed by atoms with E-state index in [-0.39, 0.29) is 17.8 Å². The van der Waals surface area contributed by atoms with Crippen molar-refractivity contribution in [2.75, 3.05) is 11.1 Å². The highest BCUT2D eigenvalue weighted by atomic mass is 32.2. The lowest BCUT2D eigenvalue weighted by atomic mass is 10.0. The number of hydrogen-bond donors (Lipinski definition) is 1. The zero-order chi connectivity index (χ0) is 21.5. The van der Waals surface area contributed by atoms with Crippen molar-refractivity contribution in [2.45, 2.75) is 51.4 Å². The summed E-state index contributed by atoms with van der Waals surface area (Å²) in [7, 11) is 0. The Morgan fingerprint density at radius 3 is 2.40 bits per heavy atom. The fourth-order valence-electron chi connectivity index (χ4n) is 3.04. The maximum absolute atomic E-state index is 12.4. The second-order valence-electron chi connectivity index (χ2n) is 7.27. The van der Waals surface area contributed by atoms with Crippen molar-refractivity contribution in [3.8, 4) is 5.75 Å². The van der Waals surface area contributed by atoms with Crippen molar-refractivity contribution in [3.63, 3.8) is 0 Å². The quantitative estimate of drug-likeness (QED) is 0.473. The van der Waals surface area contributed by atoms with Crippen LogP contribution in [0.3, 0.4) is 0 Å². The summed E-state index contributed by atoms with van der Waals surface area (Å²) in [6, 6.07) is 17.6. The Balaban J connectivity index is 1.59. The zero-order valence-electron chi connectivity index (χ0n) is 17.8. The molecule has 158 valence electrons. The van der Waals surface area contributed by atoms with Gasteiger partial charge < -0.3 is 14.6 Å². The van der Waals surface area contributed by atoms with Crippen LogP contribution in [0.4, 0.5) is 5.69 Å².